The Bertz CT molecular complexity index is 1050. The molecule has 7 heteroatoms. The first kappa shape index (κ1) is 18.0. The Balaban J connectivity index is 1.31. The summed E-state index contributed by atoms with van der Waals surface area (Å²) in [6, 6.07) is 7.75. The first-order valence-corrected chi connectivity index (χ1v) is 9.76. The Labute approximate surface area is 168 Å². The highest BCUT2D eigenvalue weighted by Gasteiger charge is 2.29. The molecule has 1 fully saturated rings. The second-order valence-electron chi connectivity index (χ2n) is 7.48. The van der Waals surface area contributed by atoms with Gasteiger partial charge in [-0.3, -0.25) is 9.88 Å². The molecule has 7 nitrogen and oxygen atoms in total. The van der Waals surface area contributed by atoms with Crippen LogP contribution in [0.3, 0.4) is 0 Å². The number of esters is 1. The summed E-state index contributed by atoms with van der Waals surface area (Å²) in [5, 5.41) is 4.47. The van der Waals surface area contributed by atoms with Gasteiger partial charge in [-0.05, 0) is 36.2 Å². The zero-order chi connectivity index (χ0) is 19.8. The molecule has 0 bridgehead atoms. The van der Waals surface area contributed by atoms with Crippen molar-refractivity contribution in [3.8, 4) is 5.69 Å². The van der Waals surface area contributed by atoms with E-state index in [1.807, 2.05) is 35.1 Å². The third-order valence-corrected chi connectivity index (χ3v) is 5.67. The minimum Gasteiger partial charge on any atom is -0.457 e. The van der Waals surface area contributed by atoms with Gasteiger partial charge in [-0.2, -0.15) is 5.10 Å². The van der Waals surface area contributed by atoms with Crippen molar-refractivity contribution < 1.29 is 14.3 Å². The van der Waals surface area contributed by atoms with Crippen molar-refractivity contribution in [1.82, 2.24) is 19.7 Å². The largest absolute Gasteiger partial charge is 0.457 e. The monoisotopic (exact) mass is 390 g/mol. The molecule has 0 amide bonds. The van der Waals surface area contributed by atoms with E-state index >= 15 is 0 Å². The Morgan fingerprint density at radius 2 is 2.07 bits per heavy atom. The van der Waals surface area contributed by atoms with Crippen LogP contribution in [0.15, 0.2) is 49.1 Å². The number of aromatic nitrogens is 3. The number of fused-ring (bicyclic) bond motifs is 1. The van der Waals surface area contributed by atoms with E-state index in [1.165, 1.54) is 0 Å². The minimum atomic E-state index is -0.230. The first-order valence-electron chi connectivity index (χ1n) is 9.76. The van der Waals surface area contributed by atoms with E-state index in [0.717, 1.165) is 47.6 Å². The van der Waals surface area contributed by atoms with E-state index in [2.05, 4.69) is 28.1 Å². The number of carbonyl (C=O) groups excluding carboxylic acids is 1. The van der Waals surface area contributed by atoms with Gasteiger partial charge in [0, 0.05) is 49.4 Å². The van der Waals surface area contributed by atoms with Crippen LogP contribution in [-0.2, 0) is 22.6 Å². The highest BCUT2D eigenvalue weighted by molar-refractivity contribution is 5.93. The van der Waals surface area contributed by atoms with Crippen LogP contribution in [0, 0.1) is 6.92 Å². The standard InChI is InChI=1S/C22H22N4O3/c1-15-18(2-3-19-20(15)14-29-22(19)27)21-13-25(8-9-28-21)11-16-10-24-26(12-16)17-4-6-23-7-5-17/h2-7,10,12,21H,8-9,11,13-14H2,1H3. The molecule has 2 aliphatic heterocycles. The summed E-state index contributed by atoms with van der Waals surface area (Å²) in [6.45, 7) is 5.58. The molecule has 0 radical (unpaired) electrons. The molecule has 0 spiro atoms. The molecule has 0 N–H and O–H groups in total. The fourth-order valence-electron chi connectivity index (χ4n) is 4.09. The maximum atomic E-state index is 11.8. The summed E-state index contributed by atoms with van der Waals surface area (Å²) < 4.78 is 13.1. The lowest BCUT2D eigenvalue weighted by molar-refractivity contribution is -0.0332. The fraction of sp³-hybridized carbons (Fsp3) is 0.318. The number of carbonyl (C=O) groups is 1. The SMILES string of the molecule is Cc1c(C2CN(Cc3cnn(-c4ccncc4)c3)CCO2)ccc2c1COC2=O. The van der Waals surface area contributed by atoms with E-state index in [-0.39, 0.29) is 12.1 Å². The summed E-state index contributed by atoms with van der Waals surface area (Å²) in [4.78, 5) is 18.2. The molecule has 1 aromatic carbocycles. The van der Waals surface area contributed by atoms with Gasteiger partial charge in [0.2, 0.25) is 0 Å². The van der Waals surface area contributed by atoms with Crippen LogP contribution in [0.1, 0.15) is 38.7 Å². The van der Waals surface area contributed by atoms with Gasteiger partial charge in [0.1, 0.15) is 6.61 Å². The summed E-state index contributed by atoms with van der Waals surface area (Å²) >= 11 is 0. The van der Waals surface area contributed by atoms with Gasteiger partial charge in [-0.1, -0.05) is 6.07 Å². The zero-order valence-electron chi connectivity index (χ0n) is 16.2. The van der Waals surface area contributed by atoms with Crippen molar-refractivity contribution in [3.05, 3.63) is 76.9 Å². The normalized spacial score (nSPS) is 19.2. The summed E-state index contributed by atoms with van der Waals surface area (Å²) in [5.41, 5.74) is 6.07. The Kier molecular flexibility index (Phi) is 4.61. The molecule has 5 rings (SSSR count). The van der Waals surface area contributed by atoms with Crippen LogP contribution in [0.5, 0.6) is 0 Å². The van der Waals surface area contributed by atoms with E-state index in [0.29, 0.717) is 18.8 Å². The number of rotatable bonds is 4. The second kappa shape index (κ2) is 7.42. The van der Waals surface area contributed by atoms with Gasteiger partial charge in [0.05, 0.1) is 30.2 Å². The van der Waals surface area contributed by atoms with Gasteiger partial charge >= 0.3 is 5.97 Å². The van der Waals surface area contributed by atoms with E-state index < -0.39 is 0 Å². The maximum absolute atomic E-state index is 11.8. The van der Waals surface area contributed by atoms with E-state index in [1.54, 1.807) is 12.4 Å². The molecular weight excluding hydrogens is 368 g/mol. The number of cyclic esters (lactones) is 1. The van der Waals surface area contributed by atoms with Crippen molar-refractivity contribution in [3.63, 3.8) is 0 Å². The zero-order valence-corrected chi connectivity index (χ0v) is 16.2. The average molecular weight is 390 g/mol. The number of pyridine rings is 1. The van der Waals surface area contributed by atoms with Crippen LogP contribution in [-0.4, -0.2) is 45.3 Å². The van der Waals surface area contributed by atoms with Crippen LogP contribution in [0.4, 0.5) is 0 Å². The Hall–Kier alpha value is -3.03. The molecule has 0 aliphatic carbocycles. The summed E-state index contributed by atoms with van der Waals surface area (Å²) in [7, 11) is 0. The number of hydrogen-bond donors (Lipinski definition) is 0. The van der Waals surface area contributed by atoms with Crippen molar-refractivity contribution in [2.24, 2.45) is 0 Å². The van der Waals surface area contributed by atoms with Crippen molar-refractivity contribution in [1.29, 1.82) is 0 Å². The lowest BCUT2D eigenvalue weighted by atomic mass is 9.94. The first-order chi connectivity index (χ1) is 14.2. The van der Waals surface area contributed by atoms with Crippen molar-refractivity contribution in [2.75, 3.05) is 19.7 Å². The van der Waals surface area contributed by atoms with Crippen LogP contribution in [0.25, 0.3) is 5.69 Å². The number of benzene rings is 1. The molecule has 29 heavy (non-hydrogen) atoms. The molecule has 0 saturated carbocycles. The highest BCUT2D eigenvalue weighted by atomic mass is 16.5. The van der Waals surface area contributed by atoms with Gasteiger partial charge in [0.15, 0.2) is 0 Å². The molecule has 2 aliphatic rings. The van der Waals surface area contributed by atoms with E-state index in [4.69, 9.17) is 9.47 Å². The molecule has 1 saturated heterocycles. The lowest BCUT2D eigenvalue weighted by Crippen LogP contribution is -2.38. The van der Waals surface area contributed by atoms with Gasteiger partial charge in [-0.15, -0.1) is 0 Å². The molecule has 3 aromatic rings. The molecule has 1 atom stereocenters. The number of morpholine rings is 1. The number of ether oxygens (including phenoxy) is 2. The Morgan fingerprint density at radius 1 is 1.21 bits per heavy atom. The van der Waals surface area contributed by atoms with Crippen molar-refractivity contribution >= 4 is 5.97 Å². The predicted molar refractivity (Wildman–Crippen MR) is 106 cm³/mol. The van der Waals surface area contributed by atoms with Crippen LogP contribution < -0.4 is 0 Å². The third-order valence-electron chi connectivity index (χ3n) is 5.67. The fourth-order valence-corrected chi connectivity index (χ4v) is 4.09. The lowest BCUT2D eigenvalue weighted by Gasteiger charge is -2.33. The van der Waals surface area contributed by atoms with Crippen LogP contribution in [0.2, 0.25) is 0 Å². The van der Waals surface area contributed by atoms with Gasteiger partial charge < -0.3 is 9.47 Å². The predicted octanol–water partition coefficient (Wildman–Crippen LogP) is 2.82. The minimum absolute atomic E-state index is 0.0139. The molecule has 148 valence electrons. The average Bonchev–Trinajstić information content (AvgIpc) is 3.37. The molecule has 1 unspecified atom stereocenters. The Morgan fingerprint density at radius 3 is 2.93 bits per heavy atom. The summed E-state index contributed by atoms with van der Waals surface area (Å²) in [6.07, 6.45) is 7.49. The highest BCUT2D eigenvalue weighted by Crippen LogP contribution is 2.32. The van der Waals surface area contributed by atoms with Gasteiger partial charge in [0.25, 0.3) is 0 Å². The molecule has 4 heterocycles. The molecular formula is C22H22N4O3. The number of hydrogen-bond acceptors (Lipinski definition) is 6. The van der Waals surface area contributed by atoms with Crippen LogP contribution >= 0.6 is 0 Å². The van der Waals surface area contributed by atoms with E-state index in [9.17, 15) is 4.79 Å². The smallest absolute Gasteiger partial charge is 0.338 e. The topological polar surface area (TPSA) is 69.5 Å². The van der Waals surface area contributed by atoms with Crippen molar-refractivity contribution in [2.45, 2.75) is 26.2 Å². The third kappa shape index (κ3) is 3.43. The number of nitrogens with zero attached hydrogens (tertiary/aromatic N) is 4. The van der Waals surface area contributed by atoms with Gasteiger partial charge in [-0.25, -0.2) is 9.48 Å². The second-order valence-corrected chi connectivity index (χ2v) is 7.48. The maximum Gasteiger partial charge on any atom is 0.338 e. The quantitative estimate of drug-likeness (QED) is 0.638. The summed E-state index contributed by atoms with van der Waals surface area (Å²) in [5.74, 6) is -0.230. The molecule has 2 aromatic heterocycles.